The van der Waals surface area contributed by atoms with E-state index in [2.05, 4.69) is 19.2 Å². The Bertz CT molecular complexity index is 846. The number of hydrogen-bond donors (Lipinski definition) is 1. The van der Waals surface area contributed by atoms with Crippen LogP contribution in [0.1, 0.15) is 35.7 Å². The molecule has 0 heterocycles. The first kappa shape index (κ1) is 19.9. The fourth-order valence-corrected chi connectivity index (χ4v) is 2.32. The molecule has 1 amide bonds. The number of nitro groups is 1. The third-order valence-electron chi connectivity index (χ3n) is 3.81. The summed E-state index contributed by atoms with van der Waals surface area (Å²) in [6, 6.07) is 11.0. The van der Waals surface area contributed by atoms with Gasteiger partial charge < -0.3 is 14.8 Å². The van der Waals surface area contributed by atoms with E-state index in [0.717, 1.165) is 11.6 Å². The molecular weight excluding hydrogens is 352 g/mol. The number of methoxy groups -OCH3 is 1. The van der Waals surface area contributed by atoms with Gasteiger partial charge in [0.25, 0.3) is 5.91 Å². The molecule has 0 aliphatic carbocycles. The van der Waals surface area contributed by atoms with Gasteiger partial charge in [-0.2, -0.15) is 0 Å². The summed E-state index contributed by atoms with van der Waals surface area (Å²) in [5.74, 6) is -0.946. The van der Waals surface area contributed by atoms with E-state index in [1.807, 2.05) is 12.1 Å². The van der Waals surface area contributed by atoms with E-state index < -0.39 is 23.4 Å². The molecule has 0 aliphatic heterocycles. The molecule has 0 fully saturated rings. The van der Waals surface area contributed by atoms with Crippen LogP contribution in [0.25, 0.3) is 0 Å². The van der Waals surface area contributed by atoms with Crippen LogP contribution in [0.5, 0.6) is 5.75 Å². The highest BCUT2D eigenvalue weighted by Crippen LogP contribution is 2.27. The van der Waals surface area contributed by atoms with Crippen LogP contribution in [0.4, 0.5) is 11.4 Å². The lowest BCUT2D eigenvalue weighted by atomic mass is 10.0. The first-order chi connectivity index (χ1) is 12.8. The van der Waals surface area contributed by atoms with Crippen molar-refractivity contribution in [3.05, 3.63) is 63.7 Å². The van der Waals surface area contributed by atoms with E-state index in [1.54, 1.807) is 12.1 Å². The lowest BCUT2D eigenvalue weighted by molar-refractivity contribution is -0.385. The van der Waals surface area contributed by atoms with Gasteiger partial charge in [0.05, 0.1) is 17.6 Å². The molecule has 1 N–H and O–H groups in total. The summed E-state index contributed by atoms with van der Waals surface area (Å²) in [7, 11) is 1.29. The van der Waals surface area contributed by atoms with Gasteiger partial charge in [0.15, 0.2) is 12.4 Å². The Labute approximate surface area is 156 Å². The second-order valence-electron chi connectivity index (χ2n) is 6.04. The Morgan fingerprint density at radius 1 is 1.15 bits per heavy atom. The highest BCUT2D eigenvalue weighted by atomic mass is 16.6. The molecular formula is C19H20N2O6. The number of esters is 1. The molecule has 0 bridgehead atoms. The van der Waals surface area contributed by atoms with Crippen molar-refractivity contribution < 1.29 is 24.0 Å². The number of rotatable bonds is 7. The molecule has 2 rings (SSSR count). The summed E-state index contributed by atoms with van der Waals surface area (Å²) < 4.78 is 9.79. The first-order valence-corrected chi connectivity index (χ1v) is 8.21. The molecule has 2 aromatic rings. The summed E-state index contributed by atoms with van der Waals surface area (Å²) in [5.41, 5.74) is 1.32. The van der Waals surface area contributed by atoms with Gasteiger partial charge in [0, 0.05) is 11.8 Å². The number of anilines is 1. The summed E-state index contributed by atoms with van der Waals surface area (Å²) >= 11 is 0. The molecule has 142 valence electrons. The molecule has 0 spiro atoms. The number of benzene rings is 2. The molecule has 0 radical (unpaired) electrons. The molecule has 0 saturated carbocycles. The van der Waals surface area contributed by atoms with Crippen molar-refractivity contribution in [3.8, 4) is 5.75 Å². The van der Waals surface area contributed by atoms with E-state index in [9.17, 15) is 19.7 Å². The molecule has 0 aliphatic rings. The maximum Gasteiger partial charge on any atom is 0.338 e. The second kappa shape index (κ2) is 8.79. The topological polar surface area (TPSA) is 108 Å². The zero-order valence-electron chi connectivity index (χ0n) is 15.2. The maximum absolute atomic E-state index is 12.0. The quantitative estimate of drug-likeness (QED) is 0.453. The van der Waals surface area contributed by atoms with Gasteiger partial charge in [-0.1, -0.05) is 26.0 Å². The number of nitrogens with one attached hydrogen (secondary N) is 1. The lowest BCUT2D eigenvalue weighted by Gasteiger charge is -2.09. The predicted molar refractivity (Wildman–Crippen MR) is 99.1 cm³/mol. The Morgan fingerprint density at radius 3 is 2.37 bits per heavy atom. The molecule has 0 aromatic heterocycles. The number of carbonyl (C=O) groups excluding carboxylic acids is 2. The van der Waals surface area contributed by atoms with Crippen LogP contribution in [-0.2, 0) is 9.53 Å². The standard InChI is InChI=1S/C19H20N2O6/c1-12(2)13-4-7-15(8-5-13)20-18(22)11-27-19(23)14-6-9-17(26-3)16(10-14)21(24)25/h4-10,12H,11H2,1-3H3,(H,20,22). The predicted octanol–water partition coefficient (Wildman–Crippen LogP) is 3.52. The van der Waals surface area contributed by atoms with Crippen molar-refractivity contribution in [3.63, 3.8) is 0 Å². The third kappa shape index (κ3) is 5.27. The number of amides is 1. The van der Waals surface area contributed by atoms with Crippen LogP contribution < -0.4 is 10.1 Å². The summed E-state index contributed by atoms with van der Waals surface area (Å²) in [6.07, 6.45) is 0. The van der Waals surface area contributed by atoms with Crippen LogP contribution in [0, 0.1) is 10.1 Å². The minimum absolute atomic E-state index is 0.0270. The smallest absolute Gasteiger partial charge is 0.338 e. The fraction of sp³-hybridized carbons (Fsp3) is 0.263. The van der Waals surface area contributed by atoms with Gasteiger partial charge >= 0.3 is 11.7 Å². The molecule has 27 heavy (non-hydrogen) atoms. The van der Waals surface area contributed by atoms with E-state index in [-0.39, 0.29) is 17.0 Å². The van der Waals surface area contributed by atoms with E-state index in [0.29, 0.717) is 11.6 Å². The van der Waals surface area contributed by atoms with Crippen LogP contribution in [0.3, 0.4) is 0 Å². The average Bonchev–Trinajstić information content (AvgIpc) is 2.65. The van der Waals surface area contributed by atoms with E-state index in [4.69, 9.17) is 9.47 Å². The summed E-state index contributed by atoms with van der Waals surface area (Å²) in [6.45, 7) is 3.62. The number of nitrogens with zero attached hydrogens (tertiary/aromatic N) is 1. The minimum Gasteiger partial charge on any atom is -0.490 e. The molecule has 2 aromatic carbocycles. The Morgan fingerprint density at radius 2 is 1.81 bits per heavy atom. The summed E-state index contributed by atoms with van der Waals surface area (Å²) in [4.78, 5) is 34.3. The molecule has 8 heteroatoms. The highest BCUT2D eigenvalue weighted by molar-refractivity contribution is 5.95. The average molecular weight is 372 g/mol. The number of hydrogen-bond acceptors (Lipinski definition) is 6. The Hall–Kier alpha value is -3.42. The normalized spacial score (nSPS) is 10.4. The molecule has 0 unspecified atom stereocenters. The van der Waals surface area contributed by atoms with Crippen molar-refractivity contribution in [2.45, 2.75) is 19.8 Å². The van der Waals surface area contributed by atoms with Gasteiger partial charge in [-0.05, 0) is 35.7 Å². The molecule has 8 nitrogen and oxygen atoms in total. The van der Waals surface area contributed by atoms with Gasteiger partial charge in [0.2, 0.25) is 0 Å². The second-order valence-corrected chi connectivity index (χ2v) is 6.04. The summed E-state index contributed by atoms with van der Waals surface area (Å²) in [5, 5.41) is 13.6. The van der Waals surface area contributed by atoms with E-state index >= 15 is 0 Å². The molecule has 0 saturated heterocycles. The first-order valence-electron chi connectivity index (χ1n) is 8.21. The van der Waals surface area contributed by atoms with Crippen LogP contribution >= 0.6 is 0 Å². The van der Waals surface area contributed by atoms with Crippen LogP contribution in [-0.4, -0.2) is 30.5 Å². The maximum atomic E-state index is 12.0. The zero-order valence-corrected chi connectivity index (χ0v) is 15.2. The van der Waals surface area contributed by atoms with Crippen LogP contribution in [0.2, 0.25) is 0 Å². The third-order valence-corrected chi connectivity index (χ3v) is 3.81. The van der Waals surface area contributed by atoms with Crippen molar-refractivity contribution in [2.75, 3.05) is 19.0 Å². The van der Waals surface area contributed by atoms with Gasteiger partial charge in [-0.25, -0.2) is 4.79 Å². The number of carbonyl (C=O) groups is 2. The van der Waals surface area contributed by atoms with Crippen molar-refractivity contribution in [1.29, 1.82) is 0 Å². The van der Waals surface area contributed by atoms with Gasteiger partial charge in [0.1, 0.15) is 0 Å². The largest absolute Gasteiger partial charge is 0.490 e. The minimum atomic E-state index is -0.842. The van der Waals surface area contributed by atoms with Gasteiger partial charge in [-0.15, -0.1) is 0 Å². The fourth-order valence-electron chi connectivity index (χ4n) is 2.32. The number of ether oxygens (including phenoxy) is 2. The van der Waals surface area contributed by atoms with E-state index in [1.165, 1.54) is 19.2 Å². The zero-order chi connectivity index (χ0) is 20.0. The Balaban J connectivity index is 1.95. The monoisotopic (exact) mass is 372 g/mol. The van der Waals surface area contributed by atoms with Gasteiger partial charge in [-0.3, -0.25) is 14.9 Å². The van der Waals surface area contributed by atoms with Crippen molar-refractivity contribution in [1.82, 2.24) is 0 Å². The Kier molecular flexibility index (Phi) is 6.48. The van der Waals surface area contributed by atoms with Crippen molar-refractivity contribution >= 4 is 23.3 Å². The van der Waals surface area contributed by atoms with Crippen molar-refractivity contribution in [2.24, 2.45) is 0 Å². The number of nitro benzene ring substituents is 1. The molecule has 0 atom stereocenters. The lowest BCUT2D eigenvalue weighted by Crippen LogP contribution is -2.21. The highest BCUT2D eigenvalue weighted by Gasteiger charge is 2.19. The SMILES string of the molecule is COc1ccc(C(=O)OCC(=O)Nc2ccc(C(C)C)cc2)cc1[N+](=O)[O-]. The van der Waals surface area contributed by atoms with Crippen LogP contribution in [0.15, 0.2) is 42.5 Å².